The third-order valence-corrected chi connectivity index (χ3v) is 3.53. The van der Waals surface area contributed by atoms with E-state index in [1.54, 1.807) is 13.0 Å². The van der Waals surface area contributed by atoms with Gasteiger partial charge in [-0.25, -0.2) is 9.59 Å². The number of urea groups is 1. The Morgan fingerprint density at radius 3 is 2.86 bits per heavy atom. The summed E-state index contributed by atoms with van der Waals surface area (Å²) in [6.07, 6.45) is 2.09. The van der Waals surface area contributed by atoms with Crippen LogP contribution in [0.3, 0.4) is 0 Å². The van der Waals surface area contributed by atoms with Gasteiger partial charge >= 0.3 is 12.0 Å². The number of aromatic carboxylic acids is 1. The van der Waals surface area contributed by atoms with E-state index in [1.165, 1.54) is 12.1 Å². The fourth-order valence-electron chi connectivity index (χ4n) is 2.31. The van der Waals surface area contributed by atoms with E-state index in [2.05, 4.69) is 10.6 Å². The number of hydrogen-bond donors (Lipinski definition) is 3. The summed E-state index contributed by atoms with van der Waals surface area (Å²) in [5, 5.41) is 14.5. The van der Waals surface area contributed by atoms with Crippen molar-refractivity contribution in [3.8, 4) is 0 Å². The Morgan fingerprint density at radius 2 is 2.24 bits per heavy atom. The molecule has 2 amide bonds. The topological polar surface area (TPSA) is 87.7 Å². The Hall–Kier alpha value is -2.08. The number of anilines is 1. The molecule has 1 aromatic rings. The largest absolute Gasteiger partial charge is 0.478 e. The second-order valence-electron chi connectivity index (χ2n) is 5.25. The molecule has 1 aromatic carbocycles. The minimum absolute atomic E-state index is 0.206. The third kappa shape index (κ3) is 4.46. The molecule has 6 nitrogen and oxygen atoms in total. The van der Waals surface area contributed by atoms with Crippen LogP contribution in [-0.4, -0.2) is 36.9 Å². The lowest BCUT2D eigenvalue weighted by Gasteiger charge is -2.22. The molecule has 114 valence electrons. The molecule has 0 spiro atoms. The maximum Gasteiger partial charge on any atom is 0.335 e. The molecule has 1 aliphatic heterocycles. The number of nitrogens with one attached hydrogen (secondary N) is 2. The summed E-state index contributed by atoms with van der Waals surface area (Å²) < 4.78 is 5.36. The summed E-state index contributed by atoms with van der Waals surface area (Å²) in [6, 6.07) is 4.32. The average Bonchev–Trinajstić information content (AvgIpc) is 2.48. The molecule has 21 heavy (non-hydrogen) atoms. The Kier molecular flexibility index (Phi) is 5.16. The second-order valence-corrected chi connectivity index (χ2v) is 5.25. The molecule has 0 saturated carbocycles. The molecule has 2 rings (SSSR count). The van der Waals surface area contributed by atoms with Gasteiger partial charge in [0.15, 0.2) is 0 Å². The van der Waals surface area contributed by atoms with Crippen molar-refractivity contribution in [2.45, 2.75) is 19.8 Å². The molecule has 1 fully saturated rings. The highest BCUT2D eigenvalue weighted by molar-refractivity contribution is 5.92. The van der Waals surface area contributed by atoms with Crippen molar-refractivity contribution in [1.82, 2.24) is 5.32 Å². The van der Waals surface area contributed by atoms with Gasteiger partial charge < -0.3 is 20.5 Å². The van der Waals surface area contributed by atoms with Crippen LogP contribution in [-0.2, 0) is 4.74 Å². The summed E-state index contributed by atoms with van der Waals surface area (Å²) in [4.78, 5) is 22.7. The number of hydrogen-bond acceptors (Lipinski definition) is 3. The standard InChI is InChI=1S/C15H20N2O4/c1-10-7-12(14(18)19)4-5-13(10)17-15(20)16-8-11-3-2-6-21-9-11/h4-5,7,11H,2-3,6,8-9H2,1H3,(H,18,19)(H2,16,17,20). The zero-order chi connectivity index (χ0) is 15.2. The van der Waals surface area contributed by atoms with Gasteiger partial charge in [0.1, 0.15) is 0 Å². The van der Waals surface area contributed by atoms with Gasteiger partial charge in [0.05, 0.1) is 12.2 Å². The molecule has 1 atom stereocenters. The van der Waals surface area contributed by atoms with E-state index >= 15 is 0 Å². The first kappa shape index (κ1) is 15.3. The van der Waals surface area contributed by atoms with Crippen LogP contribution in [0.4, 0.5) is 10.5 Å². The van der Waals surface area contributed by atoms with Gasteiger partial charge in [0, 0.05) is 18.8 Å². The number of benzene rings is 1. The molecule has 3 N–H and O–H groups in total. The van der Waals surface area contributed by atoms with Crippen molar-refractivity contribution in [3.05, 3.63) is 29.3 Å². The molecular weight excluding hydrogens is 272 g/mol. The zero-order valence-corrected chi connectivity index (χ0v) is 12.0. The number of aryl methyl sites for hydroxylation is 1. The predicted octanol–water partition coefficient (Wildman–Crippen LogP) is 2.24. The van der Waals surface area contributed by atoms with Crippen LogP contribution in [0, 0.1) is 12.8 Å². The second kappa shape index (κ2) is 7.08. The number of carboxylic acid groups (broad SMARTS) is 1. The lowest BCUT2D eigenvalue weighted by Crippen LogP contribution is -2.36. The van der Waals surface area contributed by atoms with Crippen LogP contribution in [0.1, 0.15) is 28.8 Å². The van der Waals surface area contributed by atoms with E-state index in [1.807, 2.05) is 0 Å². The van der Waals surface area contributed by atoms with E-state index in [-0.39, 0.29) is 11.6 Å². The molecule has 0 aromatic heterocycles. The van der Waals surface area contributed by atoms with Gasteiger partial charge in [-0.1, -0.05) is 0 Å². The normalized spacial score (nSPS) is 18.0. The van der Waals surface area contributed by atoms with Gasteiger partial charge in [-0.05, 0) is 49.4 Å². The van der Waals surface area contributed by atoms with Crippen molar-refractivity contribution in [2.75, 3.05) is 25.1 Å². The summed E-state index contributed by atoms with van der Waals surface area (Å²) in [6.45, 7) is 3.83. The highest BCUT2D eigenvalue weighted by Gasteiger charge is 2.15. The molecular formula is C15H20N2O4. The van der Waals surface area contributed by atoms with Gasteiger partial charge in [0.2, 0.25) is 0 Å². The van der Waals surface area contributed by atoms with Crippen molar-refractivity contribution in [2.24, 2.45) is 5.92 Å². The van der Waals surface area contributed by atoms with E-state index in [4.69, 9.17) is 9.84 Å². The Labute approximate surface area is 123 Å². The number of ether oxygens (including phenoxy) is 1. The molecule has 0 bridgehead atoms. The Balaban J connectivity index is 1.85. The van der Waals surface area contributed by atoms with Crippen LogP contribution in [0.25, 0.3) is 0 Å². The SMILES string of the molecule is Cc1cc(C(=O)O)ccc1NC(=O)NCC1CCCOC1. The average molecular weight is 292 g/mol. The quantitative estimate of drug-likeness (QED) is 0.794. The minimum Gasteiger partial charge on any atom is -0.478 e. The summed E-state index contributed by atoms with van der Waals surface area (Å²) >= 11 is 0. The molecule has 0 radical (unpaired) electrons. The third-order valence-electron chi connectivity index (χ3n) is 3.53. The van der Waals surface area contributed by atoms with E-state index in [9.17, 15) is 9.59 Å². The lowest BCUT2D eigenvalue weighted by atomic mass is 10.0. The first-order chi connectivity index (χ1) is 10.1. The predicted molar refractivity (Wildman–Crippen MR) is 78.7 cm³/mol. The first-order valence-electron chi connectivity index (χ1n) is 7.03. The van der Waals surface area contributed by atoms with Crippen LogP contribution in [0.5, 0.6) is 0 Å². The first-order valence-corrected chi connectivity index (χ1v) is 7.03. The van der Waals surface area contributed by atoms with Crippen molar-refractivity contribution in [1.29, 1.82) is 0 Å². The maximum atomic E-state index is 11.8. The van der Waals surface area contributed by atoms with Gasteiger partial charge in [-0.3, -0.25) is 0 Å². The van der Waals surface area contributed by atoms with E-state index in [0.717, 1.165) is 19.4 Å². The van der Waals surface area contributed by atoms with Gasteiger partial charge in [-0.15, -0.1) is 0 Å². The number of amides is 2. The van der Waals surface area contributed by atoms with Crippen molar-refractivity contribution < 1.29 is 19.4 Å². The molecule has 1 unspecified atom stereocenters. The highest BCUT2D eigenvalue weighted by Crippen LogP contribution is 2.17. The molecule has 1 heterocycles. The van der Waals surface area contributed by atoms with Crippen LogP contribution in [0.15, 0.2) is 18.2 Å². The van der Waals surface area contributed by atoms with E-state index in [0.29, 0.717) is 30.3 Å². The smallest absolute Gasteiger partial charge is 0.335 e. The van der Waals surface area contributed by atoms with E-state index < -0.39 is 5.97 Å². The summed E-state index contributed by atoms with van der Waals surface area (Å²) in [5.74, 6) is -0.619. The van der Waals surface area contributed by atoms with Crippen LogP contribution < -0.4 is 10.6 Å². The number of carbonyl (C=O) groups excluding carboxylic acids is 1. The van der Waals surface area contributed by atoms with Gasteiger partial charge in [-0.2, -0.15) is 0 Å². The molecule has 0 aliphatic carbocycles. The monoisotopic (exact) mass is 292 g/mol. The highest BCUT2D eigenvalue weighted by atomic mass is 16.5. The van der Waals surface area contributed by atoms with Gasteiger partial charge in [0.25, 0.3) is 0 Å². The number of carboxylic acids is 1. The summed E-state index contributed by atoms with van der Waals surface area (Å²) in [7, 11) is 0. The molecule has 6 heteroatoms. The fraction of sp³-hybridized carbons (Fsp3) is 0.467. The number of carbonyl (C=O) groups is 2. The Bertz CT molecular complexity index is 524. The van der Waals surface area contributed by atoms with Crippen molar-refractivity contribution >= 4 is 17.7 Å². The fourth-order valence-corrected chi connectivity index (χ4v) is 2.31. The van der Waals surface area contributed by atoms with Crippen LogP contribution >= 0.6 is 0 Å². The maximum absolute atomic E-state index is 11.8. The minimum atomic E-state index is -0.980. The Morgan fingerprint density at radius 1 is 1.43 bits per heavy atom. The zero-order valence-electron chi connectivity index (χ0n) is 12.0. The lowest BCUT2D eigenvalue weighted by molar-refractivity contribution is 0.0559. The summed E-state index contributed by atoms with van der Waals surface area (Å²) in [5.41, 5.74) is 1.53. The number of rotatable bonds is 4. The molecule has 1 saturated heterocycles. The van der Waals surface area contributed by atoms with Crippen LogP contribution in [0.2, 0.25) is 0 Å². The molecule has 1 aliphatic rings. The van der Waals surface area contributed by atoms with Crippen molar-refractivity contribution in [3.63, 3.8) is 0 Å².